The molecule has 0 aliphatic carbocycles. The Bertz CT molecular complexity index is 707. The third kappa shape index (κ3) is 2.59. The van der Waals surface area contributed by atoms with Crippen molar-refractivity contribution < 1.29 is 0 Å². The van der Waals surface area contributed by atoms with Crippen LogP contribution in [0.15, 0.2) is 60.8 Å². The number of nitrogens with zero attached hydrogens (tertiary/aromatic N) is 1. The van der Waals surface area contributed by atoms with Gasteiger partial charge >= 0.3 is 0 Å². The number of nitrogens with one attached hydrogen (secondary N) is 1. The molecule has 4 heteroatoms. The van der Waals surface area contributed by atoms with Crippen LogP contribution in [0.3, 0.4) is 0 Å². The van der Waals surface area contributed by atoms with Gasteiger partial charge in [-0.15, -0.1) is 0 Å². The lowest BCUT2D eigenvalue weighted by Crippen LogP contribution is -2.13. The molecule has 0 amide bonds. The van der Waals surface area contributed by atoms with Gasteiger partial charge in [0.15, 0.2) is 0 Å². The zero-order valence-electron chi connectivity index (χ0n) is 10.8. The highest BCUT2D eigenvalue weighted by Gasteiger charge is 2.12. The maximum Gasteiger partial charge on any atom is 0.128 e. The monoisotopic (exact) mass is 283 g/mol. The lowest BCUT2D eigenvalue weighted by Gasteiger charge is -2.08. The predicted octanol–water partition coefficient (Wildman–Crippen LogP) is 3.78. The Labute approximate surface area is 122 Å². The molecule has 2 aromatic carbocycles. The Kier molecular flexibility index (Phi) is 3.54. The van der Waals surface area contributed by atoms with Gasteiger partial charge in [0.1, 0.15) is 5.82 Å². The van der Waals surface area contributed by atoms with E-state index in [1.807, 2.05) is 54.6 Å². The van der Waals surface area contributed by atoms with Crippen LogP contribution in [0.1, 0.15) is 17.4 Å². The fourth-order valence-electron chi connectivity index (χ4n) is 2.12. The van der Waals surface area contributed by atoms with E-state index in [0.717, 1.165) is 22.6 Å². The van der Waals surface area contributed by atoms with Crippen LogP contribution in [0.5, 0.6) is 0 Å². The first-order valence-corrected chi connectivity index (χ1v) is 6.73. The highest BCUT2D eigenvalue weighted by atomic mass is 35.5. The fraction of sp³-hybridized carbons (Fsp3) is 0.0625. The molecule has 0 fully saturated rings. The Morgan fingerprint density at radius 3 is 2.60 bits per heavy atom. The van der Waals surface area contributed by atoms with Crippen LogP contribution in [0.2, 0.25) is 5.02 Å². The summed E-state index contributed by atoms with van der Waals surface area (Å²) in [6, 6.07) is 17.3. The average molecular weight is 284 g/mol. The number of aromatic amines is 1. The van der Waals surface area contributed by atoms with E-state index in [9.17, 15) is 0 Å². The second kappa shape index (κ2) is 5.49. The van der Waals surface area contributed by atoms with Gasteiger partial charge in [0.05, 0.1) is 17.9 Å². The lowest BCUT2D eigenvalue weighted by molar-refractivity contribution is 0.801. The Hall–Kier alpha value is -2.10. The van der Waals surface area contributed by atoms with Gasteiger partial charge in [-0.3, -0.25) is 0 Å². The van der Waals surface area contributed by atoms with Crippen molar-refractivity contribution in [1.82, 2.24) is 9.97 Å². The molecular weight excluding hydrogens is 270 g/mol. The normalized spacial score (nSPS) is 12.3. The first-order chi connectivity index (χ1) is 9.74. The maximum absolute atomic E-state index is 6.22. The second-order valence-corrected chi connectivity index (χ2v) is 5.02. The van der Waals surface area contributed by atoms with Crippen molar-refractivity contribution in [3.8, 4) is 11.3 Å². The third-order valence-electron chi connectivity index (χ3n) is 3.18. The molecule has 0 aliphatic rings. The van der Waals surface area contributed by atoms with E-state index in [4.69, 9.17) is 17.3 Å². The van der Waals surface area contributed by atoms with Crippen LogP contribution in [0, 0.1) is 0 Å². The number of benzene rings is 2. The van der Waals surface area contributed by atoms with Crippen LogP contribution in [0.4, 0.5) is 0 Å². The largest absolute Gasteiger partial charge is 0.340 e. The van der Waals surface area contributed by atoms with Crippen molar-refractivity contribution in [1.29, 1.82) is 0 Å². The van der Waals surface area contributed by atoms with E-state index in [-0.39, 0.29) is 6.04 Å². The third-order valence-corrected chi connectivity index (χ3v) is 3.42. The average Bonchev–Trinajstić information content (AvgIpc) is 2.97. The summed E-state index contributed by atoms with van der Waals surface area (Å²) in [4.78, 5) is 7.64. The van der Waals surface area contributed by atoms with Crippen molar-refractivity contribution >= 4 is 11.6 Å². The summed E-state index contributed by atoms with van der Waals surface area (Å²) in [5.74, 6) is 0.742. The molecule has 3 N–H and O–H groups in total. The zero-order valence-corrected chi connectivity index (χ0v) is 11.5. The van der Waals surface area contributed by atoms with Gasteiger partial charge in [-0.1, -0.05) is 54.1 Å². The number of rotatable bonds is 3. The van der Waals surface area contributed by atoms with Crippen molar-refractivity contribution in [2.75, 3.05) is 0 Å². The van der Waals surface area contributed by atoms with Gasteiger partial charge in [0.2, 0.25) is 0 Å². The molecule has 1 unspecified atom stereocenters. The summed E-state index contributed by atoms with van der Waals surface area (Å²) in [5, 5.41) is 0.700. The van der Waals surface area contributed by atoms with Crippen molar-refractivity contribution in [2.24, 2.45) is 5.73 Å². The molecule has 0 radical (unpaired) electrons. The first-order valence-electron chi connectivity index (χ1n) is 6.35. The Morgan fingerprint density at radius 1 is 1.05 bits per heavy atom. The molecule has 1 aromatic heterocycles. The molecule has 3 rings (SSSR count). The number of H-pyrrole nitrogens is 1. The summed E-state index contributed by atoms with van der Waals surface area (Å²) < 4.78 is 0. The van der Waals surface area contributed by atoms with E-state index in [1.54, 1.807) is 6.20 Å². The quantitative estimate of drug-likeness (QED) is 0.768. The Morgan fingerprint density at radius 2 is 1.85 bits per heavy atom. The SMILES string of the molecule is NC(c1ccccc1)c1ncc(-c2cccc(Cl)c2)[nH]1. The van der Waals surface area contributed by atoms with Gasteiger partial charge < -0.3 is 10.7 Å². The highest BCUT2D eigenvalue weighted by Crippen LogP contribution is 2.23. The minimum atomic E-state index is -0.260. The van der Waals surface area contributed by atoms with E-state index in [1.165, 1.54) is 0 Å². The van der Waals surface area contributed by atoms with Crippen LogP contribution in [-0.4, -0.2) is 9.97 Å². The molecule has 100 valence electrons. The molecule has 3 aromatic rings. The smallest absolute Gasteiger partial charge is 0.128 e. The first kappa shape index (κ1) is 12.9. The number of hydrogen-bond donors (Lipinski definition) is 2. The van der Waals surface area contributed by atoms with Gasteiger partial charge in [0.25, 0.3) is 0 Å². The van der Waals surface area contributed by atoms with Crippen LogP contribution in [-0.2, 0) is 0 Å². The highest BCUT2D eigenvalue weighted by molar-refractivity contribution is 6.30. The van der Waals surface area contributed by atoms with Crippen molar-refractivity contribution in [2.45, 2.75) is 6.04 Å². The summed E-state index contributed by atoms with van der Waals surface area (Å²) in [5.41, 5.74) is 9.15. The standard InChI is InChI=1S/C16H14ClN3/c17-13-8-4-7-12(9-13)14-10-19-16(20-14)15(18)11-5-2-1-3-6-11/h1-10,15H,18H2,(H,19,20). The molecule has 20 heavy (non-hydrogen) atoms. The van der Waals surface area contributed by atoms with Crippen LogP contribution < -0.4 is 5.73 Å². The molecule has 1 heterocycles. The zero-order chi connectivity index (χ0) is 13.9. The minimum Gasteiger partial charge on any atom is -0.340 e. The topological polar surface area (TPSA) is 54.7 Å². The van der Waals surface area contributed by atoms with Crippen LogP contribution in [0.25, 0.3) is 11.3 Å². The fourth-order valence-corrected chi connectivity index (χ4v) is 2.31. The molecular formula is C16H14ClN3. The van der Waals surface area contributed by atoms with E-state index in [2.05, 4.69) is 9.97 Å². The number of halogens is 1. The maximum atomic E-state index is 6.22. The molecule has 0 saturated heterocycles. The number of hydrogen-bond acceptors (Lipinski definition) is 2. The van der Waals surface area contributed by atoms with E-state index in [0.29, 0.717) is 5.02 Å². The van der Waals surface area contributed by atoms with Gasteiger partial charge in [-0.25, -0.2) is 4.98 Å². The van der Waals surface area contributed by atoms with E-state index >= 15 is 0 Å². The summed E-state index contributed by atoms with van der Waals surface area (Å²) in [6.07, 6.45) is 1.78. The van der Waals surface area contributed by atoms with Crippen molar-refractivity contribution in [3.63, 3.8) is 0 Å². The Balaban J connectivity index is 1.91. The number of imidazole rings is 1. The van der Waals surface area contributed by atoms with Gasteiger partial charge in [0, 0.05) is 10.6 Å². The molecule has 0 aliphatic heterocycles. The van der Waals surface area contributed by atoms with Crippen LogP contribution >= 0.6 is 11.6 Å². The van der Waals surface area contributed by atoms with Gasteiger partial charge in [-0.05, 0) is 17.7 Å². The summed E-state index contributed by atoms with van der Waals surface area (Å²) in [7, 11) is 0. The predicted molar refractivity (Wildman–Crippen MR) is 81.5 cm³/mol. The molecule has 0 bridgehead atoms. The second-order valence-electron chi connectivity index (χ2n) is 4.58. The summed E-state index contributed by atoms with van der Waals surface area (Å²) in [6.45, 7) is 0. The summed E-state index contributed by atoms with van der Waals surface area (Å²) >= 11 is 6.00. The molecule has 0 saturated carbocycles. The number of aromatic nitrogens is 2. The van der Waals surface area contributed by atoms with E-state index < -0.39 is 0 Å². The minimum absolute atomic E-state index is 0.260. The van der Waals surface area contributed by atoms with Crippen molar-refractivity contribution in [3.05, 3.63) is 77.2 Å². The molecule has 3 nitrogen and oxygen atoms in total. The molecule has 1 atom stereocenters. The lowest BCUT2D eigenvalue weighted by atomic mass is 10.1. The molecule has 0 spiro atoms. The van der Waals surface area contributed by atoms with Gasteiger partial charge in [-0.2, -0.15) is 0 Å². The number of nitrogens with two attached hydrogens (primary N) is 1.